The second-order valence-electron chi connectivity index (χ2n) is 7.03. The Labute approximate surface area is 175 Å². The highest BCUT2D eigenvalue weighted by Gasteiger charge is 2.37. The number of aryl methyl sites for hydroxylation is 1. The summed E-state index contributed by atoms with van der Waals surface area (Å²) in [4.78, 5) is 0.178. The quantitative estimate of drug-likeness (QED) is 0.658. The molecule has 1 N–H and O–H groups in total. The molecule has 154 valence electrons. The van der Waals surface area contributed by atoms with Crippen molar-refractivity contribution in [2.24, 2.45) is 0 Å². The standard InChI is InChI=1S/C23H21FN2O3S/c1-16-3-13-21(14-4-16)30(27,28)26-23(18-5-9-19(24)10-6-18)15-22(25-26)17-7-11-20(29-2)12-8-17/h3-15,23,25H,1-2H3/t23-/m1/s1. The molecule has 0 amide bonds. The highest BCUT2D eigenvalue weighted by Crippen LogP contribution is 2.35. The summed E-state index contributed by atoms with van der Waals surface area (Å²) in [5.41, 5.74) is 6.11. The van der Waals surface area contributed by atoms with Crippen LogP contribution in [0, 0.1) is 12.7 Å². The van der Waals surface area contributed by atoms with E-state index in [-0.39, 0.29) is 10.7 Å². The van der Waals surface area contributed by atoms with Crippen molar-refractivity contribution < 1.29 is 17.5 Å². The lowest BCUT2D eigenvalue weighted by Crippen LogP contribution is -2.39. The lowest BCUT2D eigenvalue weighted by molar-refractivity contribution is 0.348. The highest BCUT2D eigenvalue weighted by atomic mass is 32.2. The third kappa shape index (κ3) is 3.81. The van der Waals surface area contributed by atoms with Gasteiger partial charge in [-0.2, -0.15) is 0 Å². The number of benzene rings is 3. The van der Waals surface area contributed by atoms with Gasteiger partial charge in [0.25, 0.3) is 10.0 Å². The normalized spacial score (nSPS) is 16.8. The predicted molar refractivity (Wildman–Crippen MR) is 113 cm³/mol. The fourth-order valence-corrected chi connectivity index (χ4v) is 4.71. The second kappa shape index (κ2) is 7.93. The first-order valence-corrected chi connectivity index (χ1v) is 10.8. The molecule has 5 nitrogen and oxygen atoms in total. The van der Waals surface area contributed by atoms with Crippen LogP contribution in [0.1, 0.15) is 22.7 Å². The molecule has 1 aliphatic rings. The van der Waals surface area contributed by atoms with E-state index in [1.807, 2.05) is 37.3 Å². The van der Waals surface area contributed by atoms with Crippen molar-refractivity contribution >= 4 is 15.7 Å². The van der Waals surface area contributed by atoms with E-state index in [1.165, 1.54) is 16.5 Å². The van der Waals surface area contributed by atoms with Crippen molar-refractivity contribution in [3.05, 3.63) is 101 Å². The average molecular weight is 424 g/mol. The number of nitrogens with zero attached hydrogens (tertiary/aromatic N) is 1. The van der Waals surface area contributed by atoms with Crippen molar-refractivity contribution in [2.45, 2.75) is 17.9 Å². The first-order valence-electron chi connectivity index (χ1n) is 9.38. The number of nitrogens with one attached hydrogen (secondary N) is 1. The molecule has 0 saturated heterocycles. The van der Waals surface area contributed by atoms with Crippen LogP contribution in [0.2, 0.25) is 0 Å². The molecular formula is C23H21FN2O3S. The Hall–Kier alpha value is -3.16. The van der Waals surface area contributed by atoms with E-state index in [4.69, 9.17) is 4.74 Å². The lowest BCUT2D eigenvalue weighted by atomic mass is 10.1. The van der Waals surface area contributed by atoms with Crippen molar-refractivity contribution in [2.75, 3.05) is 7.11 Å². The van der Waals surface area contributed by atoms with Crippen LogP contribution in [0.15, 0.2) is 83.8 Å². The topological polar surface area (TPSA) is 58.6 Å². The molecule has 0 aromatic heterocycles. The molecule has 30 heavy (non-hydrogen) atoms. The summed E-state index contributed by atoms with van der Waals surface area (Å²) in [5.74, 6) is 0.327. The van der Waals surface area contributed by atoms with Gasteiger partial charge in [0.05, 0.1) is 23.7 Å². The van der Waals surface area contributed by atoms with Crippen LogP contribution in [0.25, 0.3) is 5.70 Å². The van der Waals surface area contributed by atoms with Crippen molar-refractivity contribution in [3.8, 4) is 5.75 Å². The molecule has 0 fully saturated rings. The number of halogens is 1. The van der Waals surface area contributed by atoms with Crippen molar-refractivity contribution in [1.29, 1.82) is 0 Å². The van der Waals surface area contributed by atoms with Crippen molar-refractivity contribution in [3.63, 3.8) is 0 Å². The van der Waals surface area contributed by atoms with Gasteiger partial charge in [0, 0.05) is 0 Å². The highest BCUT2D eigenvalue weighted by molar-refractivity contribution is 7.89. The number of hydrogen-bond donors (Lipinski definition) is 1. The zero-order chi connectivity index (χ0) is 21.3. The third-order valence-corrected chi connectivity index (χ3v) is 6.70. The van der Waals surface area contributed by atoms with Crippen LogP contribution < -0.4 is 10.2 Å². The molecule has 0 spiro atoms. The maximum atomic E-state index is 13.4. The molecule has 4 rings (SSSR count). The molecule has 7 heteroatoms. The van der Waals surface area contributed by atoms with E-state index in [0.717, 1.165) is 11.1 Å². The minimum Gasteiger partial charge on any atom is -0.497 e. The van der Waals surface area contributed by atoms with E-state index >= 15 is 0 Å². The van der Waals surface area contributed by atoms with Gasteiger partial charge in [0.2, 0.25) is 0 Å². The zero-order valence-corrected chi connectivity index (χ0v) is 17.4. The maximum absolute atomic E-state index is 13.4. The van der Waals surface area contributed by atoms with Crippen LogP contribution in [0.4, 0.5) is 4.39 Å². The molecule has 1 heterocycles. The van der Waals surface area contributed by atoms with Gasteiger partial charge in [-0.25, -0.2) is 12.8 Å². The molecule has 0 aliphatic carbocycles. The summed E-state index contributed by atoms with van der Waals surface area (Å²) in [6.45, 7) is 1.90. The predicted octanol–water partition coefficient (Wildman–Crippen LogP) is 4.43. The van der Waals surface area contributed by atoms with E-state index in [9.17, 15) is 12.8 Å². The summed E-state index contributed by atoms with van der Waals surface area (Å²) in [7, 11) is -2.28. The second-order valence-corrected chi connectivity index (χ2v) is 8.85. The van der Waals surface area contributed by atoms with Gasteiger partial charge in [-0.1, -0.05) is 29.8 Å². The molecule has 1 aliphatic heterocycles. The van der Waals surface area contributed by atoms with Crippen LogP contribution >= 0.6 is 0 Å². The Bertz CT molecular complexity index is 1170. The number of rotatable bonds is 5. The van der Waals surface area contributed by atoms with E-state index in [2.05, 4.69) is 5.43 Å². The fourth-order valence-electron chi connectivity index (χ4n) is 3.31. The Morgan fingerprint density at radius 1 is 0.933 bits per heavy atom. The Kier molecular flexibility index (Phi) is 5.32. The molecule has 3 aromatic carbocycles. The summed E-state index contributed by atoms with van der Waals surface area (Å²) < 4.78 is 46.7. The molecule has 3 aromatic rings. The van der Waals surface area contributed by atoms with E-state index in [0.29, 0.717) is 17.0 Å². The summed E-state index contributed by atoms with van der Waals surface area (Å²) in [5, 5.41) is 0. The van der Waals surface area contributed by atoms with Gasteiger partial charge in [0.15, 0.2) is 0 Å². The lowest BCUT2D eigenvalue weighted by Gasteiger charge is -2.25. The number of hydrazine groups is 1. The van der Waals surface area contributed by atoms with Gasteiger partial charge in [-0.3, -0.25) is 0 Å². The monoisotopic (exact) mass is 424 g/mol. The van der Waals surface area contributed by atoms with Gasteiger partial charge in [-0.05, 0) is 72.7 Å². The van der Waals surface area contributed by atoms with Gasteiger partial charge < -0.3 is 10.2 Å². The third-order valence-electron chi connectivity index (χ3n) is 5.00. The van der Waals surface area contributed by atoms with Crippen LogP contribution in [-0.4, -0.2) is 19.9 Å². The van der Waals surface area contributed by atoms with E-state index < -0.39 is 16.1 Å². The summed E-state index contributed by atoms with van der Waals surface area (Å²) >= 11 is 0. The van der Waals surface area contributed by atoms with Crippen LogP contribution in [-0.2, 0) is 10.0 Å². The van der Waals surface area contributed by atoms with Crippen LogP contribution in [0.3, 0.4) is 0 Å². The van der Waals surface area contributed by atoms with Gasteiger partial charge in [-0.15, -0.1) is 4.41 Å². The SMILES string of the molecule is COc1ccc(C2=C[C@H](c3ccc(F)cc3)N(S(=O)(=O)c3ccc(C)cc3)N2)cc1. The largest absolute Gasteiger partial charge is 0.497 e. The molecule has 0 radical (unpaired) electrons. The minimum atomic E-state index is -3.86. The zero-order valence-electron chi connectivity index (χ0n) is 16.5. The summed E-state index contributed by atoms with van der Waals surface area (Å²) in [6.07, 6.45) is 1.82. The molecular weight excluding hydrogens is 403 g/mol. The molecule has 1 atom stereocenters. The minimum absolute atomic E-state index is 0.178. The Morgan fingerprint density at radius 2 is 1.57 bits per heavy atom. The van der Waals surface area contributed by atoms with Gasteiger partial charge >= 0.3 is 0 Å². The fraction of sp³-hybridized carbons (Fsp3) is 0.130. The first kappa shape index (κ1) is 20.1. The van der Waals surface area contributed by atoms with Crippen molar-refractivity contribution in [1.82, 2.24) is 9.84 Å². The van der Waals surface area contributed by atoms with E-state index in [1.54, 1.807) is 43.5 Å². The number of methoxy groups -OCH3 is 1. The molecule has 0 bridgehead atoms. The number of sulfonamides is 1. The number of ether oxygens (including phenoxy) is 1. The Balaban J connectivity index is 1.76. The number of hydrogen-bond acceptors (Lipinski definition) is 4. The van der Waals surface area contributed by atoms with Crippen LogP contribution in [0.5, 0.6) is 5.75 Å². The molecule has 0 unspecified atom stereocenters. The Morgan fingerprint density at radius 3 is 2.17 bits per heavy atom. The average Bonchev–Trinajstić information content (AvgIpc) is 3.21. The first-order chi connectivity index (χ1) is 14.4. The smallest absolute Gasteiger partial charge is 0.260 e. The van der Waals surface area contributed by atoms with Gasteiger partial charge in [0.1, 0.15) is 11.6 Å². The maximum Gasteiger partial charge on any atom is 0.260 e. The molecule has 0 saturated carbocycles. The summed E-state index contributed by atoms with van der Waals surface area (Å²) in [6, 6.07) is 19.2.